The second-order valence-corrected chi connectivity index (χ2v) is 3.42. The molecule has 0 fully saturated rings. The van der Waals surface area contributed by atoms with Crippen molar-refractivity contribution in [2.45, 2.75) is 19.4 Å². The zero-order chi connectivity index (χ0) is 10.1. The molecule has 0 saturated carbocycles. The van der Waals surface area contributed by atoms with E-state index in [0.717, 1.165) is 17.4 Å². The van der Waals surface area contributed by atoms with Gasteiger partial charge >= 0.3 is 0 Å². The summed E-state index contributed by atoms with van der Waals surface area (Å²) in [5.41, 5.74) is 7.45. The Kier molecular flexibility index (Phi) is 2.25. The fourth-order valence-electron chi connectivity index (χ4n) is 1.67. The van der Waals surface area contributed by atoms with Crippen LogP contribution in [0.1, 0.15) is 24.9 Å². The minimum absolute atomic E-state index is 0.0226. The van der Waals surface area contributed by atoms with E-state index in [1.54, 1.807) is 12.3 Å². The van der Waals surface area contributed by atoms with Crippen LogP contribution in [-0.2, 0) is 0 Å². The number of benzene rings is 1. The highest BCUT2D eigenvalue weighted by atomic mass is 19.1. The molecule has 1 unspecified atom stereocenters. The average Bonchev–Trinajstić information content (AvgIpc) is 2.62. The summed E-state index contributed by atoms with van der Waals surface area (Å²) in [7, 11) is 0. The highest BCUT2D eigenvalue weighted by Gasteiger charge is 2.11. The molecule has 0 amide bonds. The molecule has 74 valence electrons. The summed E-state index contributed by atoms with van der Waals surface area (Å²) < 4.78 is 13.3. The number of aromatic nitrogens is 1. The number of hydrogen-bond donors (Lipinski definition) is 2. The molecule has 0 bridgehead atoms. The first-order chi connectivity index (χ1) is 6.74. The van der Waals surface area contributed by atoms with Crippen LogP contribution >= 0.6 is 0 Å². The highest BCUT2D eigenvalue weighted by molar-refractivity contribution is 5.84. The van der Waals surface area contributed by atoms with E-state index in [4.69, 9.17) is 5.73 Å². The van der Waals surface area contributed by atoms with Crippen LogP contribution < -0.4 is 5.73 Å². The Balaban J connectivity index is 2.63. The molecule has 3 N–H and O–H groups in total. The lowest BCUT2D eigenvalue weighted by molar-refractivity contribution is 0.637. The fraction of sp³-hybridized carbons (Fsp3) is 0.273. The molecule has 2 aromatic rings. The Labute approximate surface area is 81.9 Å². The first kappa shape index (κ1) is 9.21. The van der Waals surface area contributed by atoms with Crippen molar-refractivity contribution in [3.63, 3.8) is 0 Å². The Morgan fingerprint density at radius 1 is 1.50 bits per heavy atom. The third-order valence-corrected chi connectivity index (χ3v) is 2.54. The molecule has 3 heteroatoms. The lowest BCUT2D eigenvalue weighted by Crippen LogP contribution is -2.07. The summed E-state index contributed by atoms with van der Waals surface area (Å²) in [5, 5.41) is 0.888. The zero-order valence-electron chi connectivity index (χ0n) is 8.05. The molecule has 0 saturated heterocycles. The molecule has 1 atom stereocenters. The first-order valence-electron chi connectivity index (χ1n) is 4.75. The smallest absolute Gasteiger partial charge is 0.147 e. The second kappa shape index (κ2) is 3.42. The second-order valence-electron chi connectivity index (χ2n) is 3.42. The van der Waals surface area contributed by atoms with Crippen LogP contribution in [0.3, 0.4) is 0 Å². The third kappa shape index (κ3) is 1.30. The van der Waals surface area contributed by atoms with E-state index in [1.807, 2.05) is 13.0 Å². The molecule has 1 aromatic carbocycles. The van der Waals surface area contributed by atoms with Gasteiger partial charge in [0.05, 0.1) is 5.52 Å². The van der Waals surface area contributed by atoms with Gasteiger partial charge in [-0.25, -0.2) is 4.39 Å². The van der Waals surface area contributed by atoms with Gasteiger partial charge in [-0.3, -0.25) is 0 Å². The van der Waals surface area contributed by atoms with E-state index in [0.29, 0.717) is 5.52 Å². The van der Waals surface area contributed by atoms with E-state index in [1.165, 1.54) is 6.07 Å². The van der Waals surface area contributed by atoms with Crippen LogP contribution in [0.4, 0.5) is 4.39 Å². The first-order valence-corrected chi connectivity index (χ1v) is 4.75. The van der Waals surface area contributed by atoms with Gasteiger partial charge in [0.25, 0.3) is 0 Å². The maximum Gasteiger partial charge on any atom is 0.147 e. The molecular formula is C11H13FN2. The largest absolute Gasteiger partial charge is 0.358 e. The van der Waals surface area contributed by atoms with E-state index in [-0.39, 0.29) is 11.9 Å². The minimum atomic E-state index is -0.225. The molecule has 0 aliphatic carbocycles. The number of rotatable bonds is 2. The van der Waals surface area contributed by atoms with Gasteiger partial charge in [-0.2, -0.15) is 0 Å². The van der Waals surface area contributed by atoms with Crippen molar-refractivity contribution in [1.29, 1.82) is 0 Å². The minimum Gasteiger partial charge on any atom is -0.358 e. The van der Waals surface area contributed by atoms with Gasteiger partial charge in [-0.15, -0.1) is 0 Å². The molecular weight excluding hydrogens is 179 g/mol. The lowest BCUT2D eigenvalue weighted by atomic mass is 10.0. The SMILES string of the molecule is CCC(N)c1c[nH]c2c(F)cccc12. The molecule has 1 heterocycles. The van der Waals surface area contributed by atoms with Crippen molar-refractivity contribution in [2.24, 2.45) is 5.73 Å². The average molecular weight is 192 g/mol. The monoisotopic (exact) mass is 192 g/mol. The number of para-hydroxylation sites is 1. The maximum absolute atomic E-state index is 13.3. The number of fused-ring (bicyclic) bond motifs is 1. The summed E-state index contributed by atoms with van der Waals surface area (Å²) in [6, 6.07) is 5.02. The maximum atomic E-state index is 13.3. The summed E-state index contributed by atoms with van der Waals surface area (Å²) in [6.07, 6.45) is 2.64. The third-order valence-electron chi connectivity index (χ3n) is 2.54. The van der Waals surface area contributed by atoms with Gasteiger partial charge in [-0.05, 0) is 18.1 Å². The Hall–Kier alpha value is -1.35. The quantitative estimate of drug-likeness (QED) is 0.754. The Morgan fingerprint density at radius 3 is 3.00 bits per heavy atom. The summed E-state index contributed by atoms with van der Waals surface area (Å²) >= 11 is 0. The van der Waals surface area contributed by atoms with Gasteiger partial charge in [0, 0.05) is 17.6 Å². The molecule has 0 aliphatic rings. The molecule has 2 nitrogen and oxygen atoms in total. The molecule has 2 rings (SSSR count). The standard InChI is InChI=1S/C11H13FN2/c1-2-10(13)8-6-14-11-7(8)4-3-5-9(11)12/h3-6,10,14H,2,13H2,1H3. The van der Waals surface area contributed by atoms with Gasteiger partial charge in [0.2, 0.25) is 0 Å². The molecule has 0 spiro atoms. The van der Waals surface area contributed by atoms with E-state index in [9.17, 15) is 4.39 Å². The van der Waals surface area contributed by atoms with Crippen LogP contribution in [0, 0.1) is 5.82 Å². The van der Waals surface area contributed by atoms with Crippen LogP contribution in [0.2, 0.25) is 0 Å². The van der Waals surface area contributed by atoms with Crippen molar-refractivity contribution >= 4 is 10.9 Å². The number of hydrogen-bond acceptors (Lipinski definition) is 1. The number of halogens is 1. The zero-order valence-corrected chi connectivity index (χ0v) is 8.05. The summed E-state index contributed by atoms with van der Waals surface area (Å²) in [5.74, 6) is -0.225. The van der Waals surface area contributed by atoms with Crippen molar-refractivity contribution in [1.82, 2.24) is 4.98 Å². The Morgan fingerprint density at radius 2 is 2.29 bits per heavy atom. The van der Waals surface area contributed by atoms with Crippen LogP contribution in [0.15, 0.2) is 24.4 Å². The van der Waals surface area contributed by atoms with Crippen LogP contribution in [0.25, 0.3) is 10.9 Å². The van der Waals surface area contributed by atoms with E-state index < -0.39 is 0 Å². The number of nitrogens with two attached hydrogens (primary N) is 1. The predicted octanol–water partition coefficient (Wildman–Crippen LogP) is 2.72. The van der Waals surface area contributed by atoms with Gasteiger partial charge in [0.1, 0.15) is 5.82 Å². The van der Waals surface area contributed by atoms with Gasteiger partial charge in [-0.1, -0.05) is 19.1 Å². The molecule has 1 aromatic heterocycles. The Bertz CT molecular complexity index is 447. The summed E-state index contributed by atoms with van der Waals surface area (Å²) in [4.78, 5) is 2.92. The number of nitrogens with one attached hydrogen (secondary N) is 1. The lowest BCUT2D eigenvalue weighted by Gasteiger charge is -2.06. The van der Waals surface area contributed by atoms with Crippen LogP contribution in [-0.4, -0.2) is 4.98 Å². The summed E-state index contributed by atoms with van der Waals surface area (Å²) in [6.45, 7) is 2.02. The predicted molar refractivity (Wildman–Crippen MR) is 55.5 cm³/mol. The van der Waals surface area contributed by atoms with E-state index in [2.05, 4.69) is 4.98 Å². The van der Waals surface area contributed by atoms with Gasteiger partial charge in [0.15, 0.2) is 0 Å². The number of H-pyrrole nitrogens is 1. The molecule has 0 radical (unpaired) electrons. The van der Waals surface area contributed by atoms with Crippen molar-refractivity contribution in [3.05, 3.63) is 35.8 Å². The normalized spacial score (nSPS) is 13.4. The fourth-order valence-corrected chi connectivity index (χ4v) is 1.67. The molecule has 0 aliphatic heterocycles. The van der Waals surface area contributed by atoms with E-state index >= 15 is 0 Å². The molecule has 14 heavy (non-hydrogen) atoms. The van der Waals surface area contributed by atoms with Gasteiger partial charge < -0.3 is 10.7 Å². The van der Waals surface area contributed by atoms with Crippen molar-refractivity contribution < 1.29 is 4.39 Å². The highest BCUT2D eigenvalue weighted by Crippen LogP contribution is 2.25. The number of aromatic amines is 1. The van der Waals surface area contributed by atoms with Crippen molar-refractivity contribution in [3.8, 4) is 0 Å². The van der Waals surface area contributed by atoms with Crippen molar-refractivity contribution in [2.75, 3.05) is 0 Å². The topological polar surface area (TPSA) is 41.8 Å². The van der Waals surface area contributed by atoms with Crippen LogP contribution in [0.5, 0.6) is 0 Å².